The van der Waals surface area contributed by atoms with Crippen LogP contribution in [0.15, 0.2) is 47.1 Å². The van der Waals surface area contributed by atoms with Crippen molar-refractivity contribution in [3.8, 4) is 17.5 Å². The summed E-state index contributed by atoms with van der Waals surface area (Å²) in [6, 6.07) is 13.6. The summed E-state index contributed by atoms with van der Waals surface area (Å²) in [5.74, 6) is 0.695. The highest BCUT2D eigenvalue weighted by Gasteiger charge is 2.10. The van der Waals surface area contributed by atoms with E-state index >= 15 is 0 Å². The molecule has 0 saturated heterocycles. The van der Waals surface area contributed by atoms with E-state index in [0.717, 1.165) is 22.0 Å². The van der Waals surface area contributed by atoms with E-state index in [1.54, 1.807) is 12.3 Å². The molecule has 0 N–H and O–H groups in total. The Labute approximate surface area is 104 Å². The zero-order valence-electron chi connectivity index (χ0n) is 9.84. The van der Waals surface area contributed by atoms with Crippen LogP contribution in [0.5, 0.6) is 0 Å². The normalized spacial score (nSPS) is 10.4. The monoisotopic (exact) mass is 234 g/mol. The molecule has 0 radical (unpaired) electrons. The van der Waals surface area contributed by atoms with Crippen LogP contribution in [0, 0.1) is 18.3 Å². The van der Waals surface area contributed by atoms with Crippen molar-refractivity contribution in [1.82, 2.24) is 4.98 Å². The number of nitriles is 1. The minimum absolute atomic E-state index is 0.401. The highest BCUT2D eigenvalue weighted by Crippen LogP contribution is 2.28. The van der Waals surface area contributed by atoms with Crippen molar-refractivity contribution in [2.45, 2.75) is 6.92 Å². The van der Waals surface area contributed by atoms with Gasteiger partial charge in [-0.3, -0.25) is 0 Å². The molecule has 0 spiro atoms. The van der Waals surface area contributed by atoms with Gasteiger partial charge < -0.3 is 4.42 Å². The van der Waals surface area contributed by atoms with Crippen molar-refractivity contribution in [2.24, 2.45) is 0 Å². The van der Waals surface area contributed by atoms with E-state index in [9.17, 15) is 0 Å². The Morgan fingerprint density at radius 2 is 2.06 bits per heavy atom. The number of fused-ring (bicyclic) bond motifs is 1. The van der Waals surface area contributed by atoms with Crippen molar-refractivity contribution >= 4 is 10.8 Å². The van der Waals surface area contributed by atoms with Gasteiger partial charge in [0.05, 0.1) is 6.26 Å². The summed E-state index contributed by atoms with van der Waals surface area (Å²) in [6.07, 6.45) is 1.69. The lowest BCUT2D eigenvalue weighted by atomic mass is 10.1. The molecule has 3 nitrogen and oxygen atoms in total. The Bertz CT molecular complexity index is 766. The number of hydrogen-bond donors (Lipinski definition) is 0. The van der Waals surface area contributed by atoms with E-state index in [1.807, 2.05) is 37.3 Å². The van der Waals surface area contributed by atoms with Gasteiger partial charge in [0.2, 0.25) is 0 Å². The molecule has 0 fully saturated rings. The van der Waals surface area contributed by atoms with Crippen molar-refractivity contribution in [1.29, 1.82) is 5.26 Å². The summed E-state index contributed by atoms with van der Waals surface area (Å²) in [5.41, 5.74) is 2.16. The number of aryl methyl sites for hydroxylation is 1. The minimum atomic E-state index is 0.401. The zero-order chi connectivity index (χ0) is 12.5. The van der Waals surface area contributed by atoms with Gasteiger partial charge in [0.1, 0.15) is 17.5 Å². The van der Waals surface area contributed by atoms with Gasteiger partial charge in [-0.05, 0) is 30.0 Å². The lowest BCUT2D eigenvalue weighted by molar-refractivity contribution is 0.578. The van der Waals surface area contributed by atoms with Crippen LogP contribution in [-0.4, -0.2) is 4.98 Å². The fraction of sp³-hybridized carbons (Fsp3) is 0.0667. The molecule has 3 rings (SSSR count). The number of nitrogens with zero attached hydrogens (tertiary/aromatic N) is 2. The van der Waals surface area contributed by atoms with Crippen LogP contribution >= 0.6 is 0 Å². The van der Waals surface area contributed by atoms with Crippen LogP contribution in [0.4, 0.5) is 0 Å². The molecule has 18 heavy (non-hydrogen) atoms. The van der Waals surface area contributed by atoms with Gasteiger partial charge in [-0.2, -0.15) is 5.26 Å². The topological polar surface area (TPSA) is 49.8 Å². The Morgan fingerprint density at radius 1 is 1.22 bits per heavy atom. The van der Waals surface area contributed by atoms with Gasteiger partial charge >= 0.3 is 0 Å². The summed E-state index contributed by atoms with van der Waals surface area (Å²) >= 11 is 0. The SMILES string of the molecule is Cc1coc(-c2nc(C#N)cc3ccccc23)c1. The fourth-order valence-corrected chi connectivity index (χ4v) is 2.00. The predicted octanol–water partition coefficient (Wildman–Crippen LogP) is 3.67. The zero-order valence-corrected chi connectivity index (χ0v) is 9.84. The van der Waals surface area contributed by atoms with Crippen LogP contribution in [0.25, 0.3) is 22.2 Å². The molecule has 0 aliphatic rings. The van der Waals surface area contributed by atoms with E-state index in [0.29, 0.717) is 11.5 Å². The van der Waals surface area contributed by atoms with Gasteiger partial charge in [0, 0.05) is 5.39 Å². The summed E-state index contributed by atoms with van der Waals surface area (Å²) in [6.45, 7) is 1.96. The van der Waals surface area contributed by atoms with Gasteiger partial charge in [0.25, 0.3) is 0 Å². The van der Waals surface area contributed by atoms with Gasteiger partial charge in [-0.25, -0.2) is 4.98 Å². The first kappa shape index (κ1) is 10.5. The third-order valence-electron chi connectivity index (χ3n) is 2.82. The van der Waals surface area contributed by atoms with E-state index in [2.05, 4.69) is 11.1 Å². The van der Waals surface area contributed by atoms with Crippen molar-refractivity contribution in [3.05, 3.63) is 53.9 Å². The van der Waals surface area contributed by atoms with Crippen LogP contribution in [0.2, 0.25) is 0 Å². The number of benzene rings is 1. The molecular formula is C15H10N2O. The quantitative estimate of drug-likeness (QED) is 0.645. The molecule has 3 heteroatoms. The number of furan rings is 1. The van der Waals surface area contributed by atoms with Crippen molar-refractivity contribution in [3.63, 3.8) is 0 Å². The average molecular weight is 234 g/mol. The second-order valence-corrected chi connectivity index (χ2v) is 4.18. The summed E-state index contributed by atoms with van der Waals surface area (Å²) in [7, 11) is 0. The van der Waals surface area contributed by atoms with E-state index in [4.69, 9.17) is 9.68 Å². The Kier molecular flexibility index (Phi) is 2.35. The van der Waals surface area contributed by atoms with E-state index in [1.165, 1.54) is 0 Å². The molecule has 0 unspecified atom stereocenters. The minimum Gasteiger partial charge on any atom is -0.462 e. The molecule has 2 heterocycles. The van der Waals surface area contributed by atoms with E-state index in [-0.39, 0.29) is 0 Å². The smallest absolute Gasteiger partial charge is 0.153 e. The Balaban J connectivity index is 2.36. The van der Waals surface area contributed by atoms with E-state index < -0.39 is 0 Å². The second-order valence-electron chi connectivity index (χ2n) is 4.18. The van der Waals surface area contributed by atoms with Gasteiger partial charge in [0.15, 0.2) is 5.76 Å². The number of rotatable bonds is 1. The van der Waals surface area contributed by atoms with Crippen molar-refractivity contribution in [2.75, 3.05) is 0 Å². The average Bonchev–Trinajstić information content (AvgIpc) is 2.84. The molecule has 86 valence electrons. The maximum absolute atomic E-state index is 9.03. The van der Waals surface area contributed by atoms with Crippen LogP contribution < -0.4 is 0 Å². The first-order chi connectivity index (χ1) is 8.78. The lowest BCUT2D eigenvalue weighted by Gasteiger charge is -2.03. The maximum Gasteiger partial charge on any atom is 0.153 e. The molecule has 0 amide bonds. The molecule has 0 bridgehead atoms. The summed E-state index contributed by atoms with van der Waals surface area (Å²) in [4.78, 5) is 4.35. The maximum atomic E-state index is 9.03. The molecule has 1 aromatic carbocycles. The molecule has 0 atom stereocenters. The molecule has 0 aliphatic heterocycles. The van der Waals surface area contributed by atoms with Gasteiger partial charge in [-0.1, -0.05) is 24.3 Å². The van der Waals surface area contributed by atoms with Gasteiger partial charge in [-0.15, -0.1) is 0 Å². The third kappa shape index (κ3) is 1.64. The van der Waals surface area contributed by atoms with Crippen LogP contribution in [-0.2, 0) is 0 Å². The molecular weight excluding hydrogens is 224 g/mol. The number of aromatic nitrogens is 1. The first-order valence-corrected chi connectivity index (χ1v) is 5.63. The van der Waals surface area contributed by atoms with Crippen LogP contribution in [0.1, 0.15) is 11.3 Å². The summed E-state index contributed by atoms with van der Waals surface area (Å²) in [5, 5.41) is 11.0. The highest BCUT2D eigenvalue weighted by molar-refractivity contribution is 5.94. The Hall–Kier alpha value is -2.60. The third-order valence-corrected chi connectivity index (χ3v) is 2.82. The number of pyridine rings is 1. The highest BCUT2D eigenvalue weighted by atomic mass is 16.3. The first-order valence-electron chi connectivity index (χ1n) is 5.63. The predicted molar refractivity (Wildman–Crippen MR) is 68.9 cm³/mol. The lowest BCUT2D eigenvalue weighted by Crippen LogP contribution is -1.89. The summed E-state index contributed by atoms with van der Waals surface area (Å²) < 4.78 is 5.49. The molecule has 0 aliphatic carbocycles. The standard InChI is InChI=1S/C15H10N2O/c1-10-6-14(18-9-10)15-13-5-3-2-4-11(13)7-12(8-16)17-15/h2-7,9H,1H3. The molecule has 2 aromatic heterocycles. The molecule has 3 aromatic rings. The second kappa shape index (κ2) is 4.01. The molecule has 0 saturated carbocycles. The number of hydrogen-bond acceptors (Lipinski definition) is 3. The van der Waals surface area contributed by atoms with Crippen molar-refractivity contribution < 1.29 is 4.42 Å². The Morgan fingerprint density at radius 3 is 2.78 bits per heavy atom. The largest absolute Gasteiger partial charge is 0.462 e. The fourth-order valence-electron chi connectivity index (χ4n) is 2.00. The van der Waals surface area contributed by atoms with Crippen LogP contribution in [0.3, 0.4) is 0 Å².